The molecule has 0 saturated carbocycles. The second-order valence-corrected chi connectivity index (χ2v) is 6.05. The molecule has 0 aliphatic carbocycles. The molecule has 18 heavy (non-hydrogen) atoms. The largest absolute Gasteiger partial charge is 0.314 e. The molecule has 4 nitrogen and oxygen atoms in total. The minimum atomic E-state index is 0.842. The first-order valence-corrected chi connectivity index (χ1v) is 7.78. The van der Waals surface area contributed by atoms with Gasteiger partial charge in [0.1, 0.15) is 0 Å². The van der Waals surface area contributed by atoms with Crippen LogP contribution in [0.5, 0.6) is 0 Å². The van der Waals surface area contributed by atoms with E-state index in [1.165, 1.54) is 71.7 Å². The first kappa shape index (κ1) is 12.9. The van der Waals surface area contributed by atoms with Gasteiger partial charge >= 0.3 is 0 Å². The number of hydrogen-bond acceptors (Lipinski definition) is 4. The first-order valence-electron chi connectivity index (χ1n) is 7.78. The highest BCUT2D eigenvalue weighted by atomic mass is 15.3. The fourth-order valence-electron chi connectivity index (χ4n) is 3.60. The summed E-state index contributed by atoms with van der Waals surface area (Å²) >= 11 is 0. The van der Waals surface area contributed by atoms with E-state index >= 15 is 0 Å². The summed E-state index contributed by atoms with van der Waals surface area (Å²) in [5.74, 6) is 0. The predicted molar refractivity (Wildman–Crippen MR) is 74.9 cm³/mol. The molecule has 104 valence electrons. The Bertz CT molecular complexity index is 251. The zero-order valence-electron chi connectivity index (χ0n) is 11.8. The summed E-state index contributed by atoms with van der Waals surface area (Å²) in [5, 5.41) is 3.38. The van der Waals surface area contributed by atoms with Crippen molar-refractivity contribution >= 4 is 0 Å². The van der Waals surface area contributed by atoms with Crippen LogP contribution in [0.2, 0.25) is 0 Å². The van der Waals surface area contributed by atoms with E-state index in [-0.39, 0.29) is 0 Å². The maximum absolute atomic E-state index is 3.38. The summed E-state index contributed by atoms with van der Waals surface area (Å²) in [4.78, 5) is 8.04. The Morgan fingerprint density at radius 1 is 0.833 bits per heavy atom. The van der Waals surface area contributed by atoms with Crippen molar-refractivity contribution in [1.82, 2.24) is 20.0 Å². The van der Waals surface area contributed by atoms with Crippen LogP contribution in [0.25, 0.3) is 0 Å². The molecule has 3 fully saturated rings. The minimum Gasteiger partial charge on any atom is -0.314 e. The molecule has 4 heteroatoms. The lowest BCUT2D eigenvalue weighted by Gasteiger charge is -2.46. The molecule has 0 aromatic heterocycles. The Hall–Kier alpha value is -0.160. The van der Waals surface area contributed by atoms with Crippen molar-refractivity contribution in [2.24, 2.45) is 0 Å². The maximum atomic E-state index is 3.38. The van der Waals surface area contributed by atoms with Gasteiger partial charge in [0.15, 0.2) is 0 Å². The van der Waals surface area contributed by atoms with Crippen LogP contribution in [0.1, 0.15) is 19.8 Å². The van der Waals surface area contributed by atoms with Crippen LogP contribution in [0.15, 0.2) is 0 Å². The molecule has 1 N–H and O–H groups in total. The lowest BCUT2D eigenvalue weighted by atomic mass is 10.0. The van der Waals surface area contributed by atoms with Gasteiger partial charge in [-0.3, -0.25) is 9.80 Å². The molecule has 3 heterocycles. The van der Waals surface area contributed by atoms with Gasteiger partial charge in [-0.05, 0) is 32.5 Å². The van der Waals surface area contributed by atoms with Gasteiger partial charge < -0.3 is 10.2 Å². The molecular weight excluding hydrogens is 224 g/mol. The van der Waals surface area contributed by atoms with Gasteiger partial charge in [-0.2, -0.15) is 0 Å². The molecule has 0 aromatic rings. The molecule has 0 spiro atoms. The summed E-state index contributed by atoms with van der Waals surface area (Å²) in [7, 11) is 0. The Morgan fingerprint density at radius 3 is 1.83 bits per heavy atom. The smallest absolute Gasteiger partial charge is 0.0346 e. The fourth-order valence-corrected chi connectivity index (χ4v) is 3.60. The fraction of sp³-hybridized carbons (Fsp3) is 1.00. The van der Waals surface area contributed by atoms with Gasteiger partial charge in [0.2, 0.25) is 0 Å². The summed E-state index contributed by atoms with van der Waals surface area (Å²) in [6, 6.07) is 1.71. The van der Waals surface area contributed by atoms with Crippen LogP contribution in [-0.2, 0) is 0 Å². The lowest BCUT2D eigenvalue weighted by molar-refractivity contribution is 0.0321. The number of piperazine rings is 1. The van der Waals surface area contributed by atoms with Crippen molar-refractivity contribution < 1.29 is 0 Å². The van der Waals surface area contributed by atoms with Crippen LogP contribution in [0.3, 0.4) is 0 Å². The van der Waals surface area contributed by atoms with E-state index in [1.807, 2.05) is 0 Å². The minimum absolute atomic E-state index is 0.842. The Labute approximate surface area is 111 Å². The van der Waals surface area contributed by atoms with Crippen LogP contribution >= 0.6 is 0 Å². The van der Waals surface area contributed by atoms with Gasteiger partial charge in [-0.25, -0.2) is 0 Å². The molecule has 3 aliphatic heterocycles. The average Bonchev–Trinajstić information content (AvgIpc) is 2.38. The number of nitrogens with zero attached hydrogens (tertiary/aromatic N) is 3. The normalized spacial score (nSPS) is 30.5. The summed E-state index contributed by atoms with van der Waals surface area (Å²) in [5.41, 5.74) is 0. The number of piperidine rings is 1. The monoisotopic (exact) mass is 252 g/mol. The van der Waals surface area contributed by atoms with Crippen molar-refractivity contribution in [3.63, 3.8) is 0 Å². The van der Waals surface area contributed by atoms with E-state index in [2.05, 4.69) is 26.9 Å². The zero-order valence-corrected chi connectivity index (χ0v) is 11.8. The van der Waals surface area contributed by atoms with Crippen molar-refractivity contribution in [1.29, 1.82) is 0 Å². The molecule has 0 atom stereocenters. The molecule has 3 rings (SSSR count). The van der Waals surface area contributed by atoms with Gasteiger partial charge in [-0.15, -0.1) is 0 Å². The maximum Gasteiger partial charge on any atom is 0.0346 e. The summed E-state index contributed by atoms with van der Waals surface area (Å²) in [6.45, 7) is 13.8. The van der Waals surface area contributed by atoms with Crippen molar-refractivity contribution in [2.45, 2.75) is 31.8 Å². The van der Waals surface area contributed by atoms with Crippen LogP contribution in [-0.4, -0.2) is 85.7 Å². The summed E-state index contributed by atoms with van der Waals surface area (Å²) in [6.07, 6.45) is 2.78. The molecule has 0 aromatic carbocycles. The first-order chi connectivity index (χ1) is 8.86. The van der Waals surface area contributed by atoms with Crippen LogP contribution in [0, 0.1) is 0 Å². The third kappa shape index (κ3) is 2.72. The van der Waals surface area contributed by atoms with Crippen molar-refractivity contribution in [3.05, 3.63) is 0 Å². The highest BCUT2D eigenvalue weighted by Gasteiger charge is 2.31. The number of likely N-dealkylation sites (tertiary alicyclic amines) is 1. The predicted octanol–water partition coefficient (Wildman–Crippen LogP) is 0.0601. The van der Waals surface area contributed by atoms with Gasteiger partial charge in [0, 0.05) is 51.4 Å². The van der Waals surface area contributed by atoms with E-state index in [1.54, 1.807) is 0 Å². The van der Waals surface area contributed by atoms with Crippen LogP contribution in [0.4, 0.5) is 0 Å². The quantitative estimate of drug-likeness (QED) is 0.767. The second kappa shape index (κ2) is 5.87. The van der Waals surface area contributed by atoms with Gasteiger partial charge in [-0.1, -0.05) is 6.92 Å². The summed E-state index contributed by atoms with van der Waals surface area (Å²) < 4.78 is 0. The molecule has 0 radical (unpaired) electrons. The third-order valence-electron chi connectivity index (χ3n) is 5.15. The Kier molecular flexibility index (Phi) is 4.19. The molecule has 0 amide bonds. The van der Waals surface area contributed by atoms with Gasteiger partial charge in [0.25, 0.3) is 0 Å². The van der Waals surface area contributed by atoms with E-state index in [0.717, 1.165) is 12.1 Å². The van der Waals surface area contributed by atoms with Gasteiger partial charge in [0.05, 0.1) is 0 Å². The average molecular weight is 252 g/mol. The molecule has 3 saturated heterocycles. The molecule has 0 bridgehead atoms. The highest BCUT2D eigenvalue weighted by molar-refractivity contribution is 4.89. The second-order valence-electron chi connectivity index (χ2n) is 6.05. The zero-order chi connectivity index (χ0) is 12.4. The van der Waals surface area contributed by atoms with E-state index in [4.69, 9.17) is 0 Å². The standard InChI is InChI=1S/C14H28N4/c1-2-16-5-3-13(4-6-16)17-7-9-18(10-8-17)14-11-15-12-14/h13-15H,2-12H2,1H3. The van der Waals surface area contributed by atoms with E-state index < -0.39 is 0 Å². The van der Waals surface area contributed by atoms with Crippen LogP contribution < -0.4 is 5.32 Å². The molecule has 3 aliphatic rings. The van der Waals surface area contributed by atoms with E-state index in [0.29, 0.717) is 0 Å². The Morgan fingerprint density at radius 2 is 1.39 bits per heavy atom. The third-order valence-corrected chi connectivity index (χ3v) is 5.15. The number of nitrogens with one attached hydrogen (secondary N) is 1. The topological polar surface area (TPSA) is 21.8 Å². The number of hydrogen-bond donors (Lipinski definition) is 1. The molecule has 0 unspecified atom stereocenters. The highest BCUT2D eigenvalue weighted by Crippen LogP contribution is 2.19. The SMILES string of the molecule is CCN1CCC(N2CCN(C3CNC3)CC2)CC1. The van der Waals surface area contributed by atoms with Crippen molar-refractivity contribution in [2.75, 3.05) is 58.9 Å². The lowest BCUT2D eigenvalue weighted by Crippen LogP contribution is -2.62. The number of rotatable bonds is 3. The molecular formula is C14H28N4. The van der Waals surface area contributed by atoms with Crippen molar-refractivity contribution in [3.8, 4) is 0 Å². The Balaban J connectivity index is 1.42. The van der Waals surface area contributed by atoms with E-state index in [9.17, 15) is 0 Å².